The quantitative estimate of drug-likeness (QED) is 0.861. The number of aryl methyl sites for hydroxylation is 1. The van der Waals surface area contributed by atoms with Gasteiger partial charge in [0.25, 0.3) is 0 Å². The molecule has 5 nitrogen and oxygen atoms in total. The van der Waals surface area contributed by atoms with Gasteiger partial charge in [0.1, 0.15) is 6.04 Å². The van der Waals surface area contributed by atoms with Crippen LogP contribution in [0.4, 0.5) is 0 Å². The van der Waals surface area contributed by atoms with Crippen molar-refractivity contribution in [1.82, 2.24) is 9.62 Å². The van der Waals surface area contributed by atoms with Crippen molar-refractivity contribution < 1.29 is 13.2 Å². The molecule has 0 fully saturated rings. The Balaban J connectivity index is 2.28. The first-order chi connectivity index (χ1) is 11.7. The summed E-state index contributed by atoms with van der Waals surface area (Å²) in [6.07, 6.45) is 1.10. The summed E-state index contributed by atoms with van der Waals surface area (Å²) in [6.45, 7) is 3.88. The third-order valence-corrected chi connectivity index (χ3v) is 5.44. The largest absolute Gasteiger partial charge is 0.348 e. The van der Waals surface area contributed by atoms with Crippen LogP contribution in [0.2, 0.25) is 0 Å². The van der Waals surface area contributed by atoms with Crippen LogP contribution in [0.5, 0.6) is 0 Å². The Hall–Kier alpha value is -2.18. The van der Waals surface area contributed by atoms with Crippen molar-refractivity contribution in [2.45, 2.75) is 25.9 Å². The van der Waals surface area contributed by atoms with Crippen LogP contribution in [0.15, 0.2) is 54.6 Å². The molecule has 0 spiro atoms. The van der Waals surface area contributed by atoms with Gasteiger partial charge in [-0.1, -0.05) is 60.2 Å². The molecule has 2 aromatic rings. The molecule has 2 aromatic carbocycles. The van der Waals surface area contributed by atoms with Gasteiger partial charge in [-0.15, -0.1) is 0 Å². The van der Waals surface area contributed by atoms with E-state index in [-0.39, 0.29) is 11.9 Å². The zero-order chi connectivity index (χ0) is 18.6. The monoisotopic (exact) mass is 360 g/mol. The number of hydrogen-bond donors (Lipinski definition) is 1. The van der Waals surface area contributed by atoms with E-state index in [1.807, 2.05) is 44.2 Å². The van der Waals surface area contributed by atoms with Gasteiger partial charge in [-0.3, -0.25) is 4.79 Å². The molecule has 2 rings (SSSR count). The summed E-state index contributed by atoms with van der Waals surface area (Å²) in [4.78, 5) is 12.9. The highest BCUT2D eigenvalue weighted by molar-refractivity contribution is 7.88. The minimum Gasteiger partial charge on any atom is -0.348 e. The number of nitrogens with one attached hydrogen (secondary N) is 1. The number of hydrogen-bond acceptors (Lipinski definition) is 3. The van der Waals surface area contributed by atoms with Gasteiger partial charge in [-0.2, -0.15) is 4.31 Å². The number of nitrogens with zero attached hydrogens (tertiary/aromatic N) is 1. The number of likely N-dealkylation sites (N-methyl/N-ethyl adjacent to an activating group) is 1. The fourth-order valence-corrected chi connectivity index (χ4v) is 3.18. The number of rotatable bonds is 6. The van der Waals surface area contributed by atoms with Gasteiger partial charge < -0.3 is 5.32 Å². The number of benzene rings is 2. The number of carbonyl (C=O) groups is 1. The summed E-state index contributed by atoms with van der Waals surface area (Å²) in [5.41, 5.74) is 2.73. The SMILES string of the molecule is Cc1ccc([C@@H](C)NC(=O)[C@H](c2ccccc2)N(C)S(C)(=O)=O)cc1. The van der Waals surface area contributed by atoms with Gasteiger partial charge in [0.05, 0.1) is 12.3 Å². The van der Waals surface area contributed by atoms with Crippen molar-refractivity contribution in [3.63, 3.8) is 0 Å². The van der Waals surface area contributed by atoms with E-state index in [0.29, 0.717) is 5.56 Å². The first-order valence-electron chi connectivity index (χ1n) is 8.05. The lowest BCUT2D eigenvalue weighted by molar-refractivity contribution is -0.125. The van der Waals surface area contributed by atoms with Crippen molar-refractivity contribution in [3.8, 4) is 0 Å². The molecule has 0 heterocycles. The van der Waals surface area contributed by atoms with E-state index in [4.69, 9.17) is 0 Å². The van der Waals surface area contributed by atoms with Gasteiger partial charge in [0, 0.05) is 7.05 Å². The molecule has 2 atom stereocenters. The van der Waals surface area contributed by atoms with Crippen molar-refractivity contribution in [1.29, 1.82) is 0 Å². The van der Waals surface area contributed by atoms with Gasteiger partial charge in [0.15, 0.2) is 0 Å². The average Bonchev–Trinajstić information content (AvgIpc) is 2.55. The van der Waals surface area contributed by atoms with Crippen LogP contribution in [-0.4, -0.2) is 31.9 Å². The van der Waals surface area contributed by atoms with E-state index in [1.54, 1.807) is 24.3 Å². The lowest BCUT2D eigenvalue weighted by Gasteiger charge is -2.27. The highest BCUT2D eigenvalue weighted by atomic mass is 32.2. The third-order valence-electron chi connectivity index (χ3n) is 4.19. The average molecular weight is 360 g/mol. The van der Waals surface area contributed by atoms with E-state index >= 15 is 0 Å². The molecule has 0 bridgehead atoms. The van der Waals surface area contributed by atoms with Gasteiger partial charge in [0.2, 0.25) is 15.9 Å². The second-order valence-electron chi connectivity index (χ2n) is 6.23. The Morgan fingerprint density at radius 3 is 2.08 bits per heavy atom. The van der Waals surface area contributed by atoms with Crippen molar-refractivity contribution >= 4 is 15.9 Å². The Labute approximate surface area is 149 Å². The van der Waals surface area contributed by atoms with Crippen molar-refractivity contribution in [2.24, 2.45) is 0 Å². The van der Waals surface area contributed by atoms with Gasteiger partial charge in [-0.25, -0.2) is 8.42 Å². The van der Waals surface area contributed by atoms with E-state index < -0.39 is 16.1 Å². The maximum absolute atomic E-state index is 12.9. The first kappa shape index (κ1) is 19.1. The lowest BCUT2D eigenvalue weighted by atomic mass is 10.0. The predicted octanol–water partition coefficient (Wildman–Crippen LogP) is 2.80. The molecule has 134 valence electrons. The fraction of sp³-hybridized carbons (Fsp3) is 0.316. The molecule has 0 unspecified atom stereocenters. The summed E-state index contributed by atoms with van der Waals surface area (Å²) in [7, 11) is -2.11. The number of carbonyl (C=O) groups excluding carboxylic acids is 1. The molecule has 0 radical (unpaired) electrons. The van der Waals surface area contributed by atoms with Crippen LogP contribution < -0.4 is 5.32 Å². The molecular weight excluding hydrogens is 336 g/mol. The molecule has 0 saturated carbocycles. The molecule has 0 aliphatic carbocycles. The maximum Gasteiger partial charge on any atom is 0.243 e. The van der Waals surface area contributed by atoms with Crippen molar-refractivity contribution in [3.05, 3.63) is 71.3 Å². The van der Waals surface area contributed by atoms with E-state index in [1.165, 1.54) is 7.05 Å². The molecule has 0 aliphatic rings. The smallest absolute Gasteiger partial charge is 0.243 e. The van der Waals surface area contributed by atoms with Gasteiger partial charge in [-0.05, 0) is 25.0 Å². The maximum atomic E-state index is 12.9. The molecule has 6 heteroatoms. The molecule has 0 saturated heterocycles. The van der Waals surface area contributed by atoms with Crippen LogP contribution in [-0.2, 0) is 14.8 Å². The zero-order valence-electron chi connectivity index (χ0n) is 14.9. The molecule has 0 aromatic heterocycles. The van der Waals surface area contributed by atoms with Crippen LogP contribution in [0.1, 0.15) is 35.7 Å². The molecule has 1 amide bonds. The molecular formula is C19H24N2O3S. The predicted molar refractivity (Wildman–Crippen MR) is 99.5 cm³/mol. The summed E-state index contributed by atoms with van der Waals surface area (Å²) < 4.78 is 25.1. The van der Waals surface area contributed by atoms with Gasteiger partial charge >= 0.3 is 0 Å². The summed E-state index contributed by atoms with van der Waals surface area (Å²) >= 11 is 0. The molecule has 1 N–H and O–H groups in total. The summed E-state index contributed by atoms with van der Waals surface area (Å²) in [5.74, 6) is -0.354. The minimum atomic E-state index is -3.53. The second kappa shape index (κ2) is 7.80. The van der Waals surface area contributed by atoms with E-state index in [0.717, 1.165) is 21.7 Å². The number of amides is 1. The lowest BCUT2D eigenvalue weighted by Crippen LogP contribution is -2.42. The Morgan fingerprint density at radius 2 is 1.56 bits per heavy atom. The van der Waals surface area contributed by atoms with E-state index in [2.05, 4.69) is 5.32 Å². The van der Waals surface area contributed by atoms with Crippen LogP contribution in [0, 0.1) is 6.92 Å². The van der Waals surface area contributed by atoms with E-state index in [9.17, 15) is 13.2 Å². The minimum absolute atomic E-state index is 0.229. The zero-order valence-corrected chi connectivity index (χ0v) is 15.7. The van der Waals surface area contributed by atoms with Crippen LogP contribution >= 0.6 is 0 Å². The topological polar surface area (TPSA) is 66.5 Å². The second-order valence-corrected chi connectivity index (χ2v) is 8.28. The summed E-state index contributed by atoms with van der Waals surface area (Å²) in [6, 6.07) is 15.6. The highest BCUT2D eigenvalue weighted by Crippen LogP contribution is 2.23. The Kier molecular flexibility index (Phi) is 5.98. The van der Waals surface area contributed by atoms with Crippen LogP contribution in [0.3, 0.4) is 0 Å². The first-order valence-corrected chi connectivity index (χ1v) is 9.90. The number of sulfonamides is 1. The fourth-order valence-electron chi connectivity index (χ4n) is 2.58. The summed E-state index contributed by atoms with van der Waals surface area (Å²) in [5, 5.41) is 2.92. The standard InChI is InChI=1S/C19H24N2O3S/c1-14-10-12-16(13-11-14)15(2)20-19(22)18(21(3)25(4,23)24)17-8-6-5-7-9-17/h5-13,15,18H,1-4H3,(H,20,22)/t15-,18+/m1/s1. The third kappa shape index (κ3) is 4.90. The molecule has 0 aliphatic heterocycles. The normalized spacial score (nSPS) is 14.1. The highest BCUT2D eigenvalue weighted by Gasteiger charge is 2.31. The Morgan fingerprint density at radius 1 is 1.00 bits per heavy atom. The van der Waals surface area contributed by atoms with Crippen molar-refractivity contribution in [2.75, 3.05) is 13.3 Å². The molecule has 25 heavy (non-hydrogen) atoms. The Bertz CT molecular complexity index is 818. The van der Waals surface area contributed by atoms with Crippen LogP contribution in [0.25, 0.3) is 0 Å².